The highest BCUT2D eigenvalue weighted by molar-refractivity contribution is 7.89. The van der Waals surface area contributed by atoms with Crippen LogP contribution >= 0.6 is 0 Å². The summed E-state index contributed by atoms with van der Waals surface area (Å²) in [5.41, 5.74) is 1.54. The molecule has 2 heterocycles. The summed E-state index contributed by atoms with van der Waals surface area (Å²) in [5.74, 6) is 0.0648. The number of aliphatic hydroxyl groups is 1. The third-order valence-corrected chi connectivity index (χ3v) is 10.3. The Labute approximate surface area is 282 Å². The second kappa shape index (κ2) is 16.4. The van der Waals surface area contributed by atoms with Gasteiger partial charge < -0.3 is 34.6 Å². The number of aliphatic hydroxyl groups excluding tert-OH is 1. The maximum atomic E-state index is 14.4. The number of carbonyl (C=O) groups excluding carboxylic acids is 2. The Morgan fingerprint density at radius 1 is 1.12 bits per heavy atom. The number of aromatic nitrogens is 1. The second-order valence-corrected chi connectivity index (χ2v) is 14.4. The van der Waals surface area contributed by atoms with Gasteiger partial charge in [-0.1, -0.05) is 30.3 Å². The first kappa shape index (κ1) is 36.8. The third-order valence-electron chi connectivity index (χ3n) is 8.47. The van der Waals surface area contributed by atoms with E-state index in [-0.39, 0.29) is 42.2 Å². The lowest BCUT2D eigenvalue weighted by Gasteiger charge is -2.35. The van der Waals surface area contributed by atoms with Crippen LogP contribution in [0.1, 0.15) is 61.8 Å². The molecule has 1 aromatic heterocycles. The highest BCUT2D eigenvalue weighted by Gasteiger charge is 2.32. The molecule has 0 saturated carbocycles. The van der Waals surface area contributed by atoms with Crippen molar-refractivity contribution in [3.05, 3.63) is 65.5 Å². The van der Waals surface area contributed by atoms with Crippen molar-refractivity contribution >= 4 is 33.3 Å². The zero-order valence-corrected chi connectivity index (χ0v) is 29.2. The van der Waals surface area contributed by atoms with Crippen molar-refractivity contribution in [1.29, 1.82) is 0 Å². The summed E-state index contributed by atoms with van der Waals surface area (Å²) < 4.78 is 45.7. The molecule has 0 bridgehead atoms. The number of carbonyl (C=O) groups is 2. The highest BCUT2D eigenvalue weighted by Crippen LogP contribution is 2.29. The molecule has 0 fully saturated rings. The van der Waals surface area contributed by atoms with E-state index in [1.54, 1.807) is 74.2 Å². The Kier molecular flexibility index (Phi) is 12.6. The lowest BCUT2D eigenvalue weighted by atomic mass is 10.0. The van der Waals surface area contributed by atoms with Gasteiger partial charge in [-0.15, -0.1) is 0 Å². The summed E-state index contributed by atoms with van der Waals surface area (Å²) in [5, 5.41) is 19.6. The fourth-order valence-electron chi connectivity index (χ4n) is 5.52. The molecule has 262 valence electrons. The zero-order chi connectivity index (χ0) is 35.0. The molecule has 3 aromatic rings. The summed E-state index contributed by atoms with van der Waals surface area (Å²) in [6, 6.07) is 11.9. The van der Waals surface area contributed by atoms with Crippen molar-refractivity contribution in [2.45, 2.75) is 77.0 Å². The summed E-state index contributed by atoms with van der Waals surface area (Å²) >= 11 is 0. The first-order chi connectivity index (χ1) is 22.8. The summed E-state index contributed by atoms with van der Waals surface area (Å²) in [7, 11) is -2.26. The van der Waals surface area contributed by atoms with Crippen LogP contribution in [0.4, 0.5) is 16.2 Å². The van der Waals surface area contributed by atoms with E-state index in [9.17, 15) is 23.1 Å². The van der Waals surface area contributed by atoms with Gasteiger partial charge in [0.1, 0.15) is 17.1 Å². The normalized spacial score (nSPS) is 20.4. The van der Waals surface area contributed by atoms with E-state index in [1.807, 2.05) is 13.8 Å². The van der Waals surface area contributed by atoms with Crippen molar-refractivity contribution < 1.29 is 37.1 Å². The molecule has 0 aliphatic carbocycles. The van der Waals surface area contributed by atoms with Crippen molar-refractivity contribution in [3.8, 4) is 5.75 Å². The van der Waals surface area contributed by atoms with Gasteiger partial charge in [0.2, 0.25) is 10.0 Å². The summed E-state index contributed by atoms with van der Waals surface area (Å²) in [6.45, 7) is 9.28. The molecule has 0 radical (unpaired) electrons. The third kappa shape index (κ3) is 9.13. The Balaban J connectivity index is 1.63. The van der Waals surface area contributed by atoms with E-state index in [2.05, 4.69) is 15.8 Å². The minimum Gasteiger partial charge on any atom is -0.490 e. The van der Waals surface area contributed by atoms with Gasteiger partial charge in [-0.05, 0) is 77.3 Å². The molecule has 4 rings (SSSR count). The van der Waals surface area contributed by atoms with Crippen molar-refractivity contribution in [2.75, 3.05) is 44.0 Å². The van der Waals surface area contributed by atoms with Gasteiger partial charge in [0, 0.05) is 38.3 Å². The molecule has 3 N–H and O–H groups in total. The lowest BCUT2D eigenvalue weighted by molar-refractivity contribution is -0.00833. The maximum Gasteiger partial charge on any atom is 0.323 e. The fraction of sp³-hybridized carbons (Fsp3) is 0.500. The van der Waals surface area contributed by atoms with Gasteiger partial charge in [0.15, 0.2) is 5.76 Å². The van der Waals surface area contributed by atoms with Crippen LogP contribution in [-0.2, 0) is 14.8 Å². The van der Waals surface area contributed by atoms with Crippen LogP contribution in [0.5, 0.6) is 5.75 Å². The van der Waals surface area contributed by atoms with Crippen LogP contribution in [0.2, 0.25) is 0 Å². The number of ether oxygens (including phenoxy) is 2. The Bertz CT molecular complexity index is 1630. The number of benzene rings is 2. The first-order valence-electron chi connectivity index (χ1n) is 16.2. The zero-order valence-electron chi connectivity index (χ0n) is 28.4. The number of fused-ring (bicyclic) bond motifs is 1. The molecule has 0 unspecified atom stereocenters. The Hall–Kier alpha value is -3.98. The van der Waals surface area contributed by atoms with Crippen LogP contribution in [0, 0.1) is 19.8 Å². The molecular weight excluding hydrogens is 638 g/mol. The Morgan fingerprint density at radius 3 is 2.52 bits per heavy atom. The molecule has 0 spiro atoms. The van der Waals surface area contributed by atoms with E-state index >= 15 is 0 Å². The summed E-state index contributed by atoms with van der Waals surface area (Å²) in [6.07, 6.45) is 1.43. The van der Waals surface area contributed by atoms with E-state index in [1.165, 1.54) is 11.4 Å². The number of hydrogen-bond acceptors (Lipinski definition) is 9. The van der Waals surface area contributed by atoms with E-state index < -0.39 is 34.1 Å². The van der Waals surface area contributed by atoms with Crippen LogP contribution in [0.15, 0.2) is 57.9 Å². The number of anilines is 2. The number of sulfonamides is 1. The van der Waals surface area contributed by atoms with Crippen molar-refractivity contribution in [1.82, 2.24) is 14.4 Å². The number of nitrogens with one attached hydrogen (secondary N) is 2. The van der Waals surface area contributed by atoms with Gasteiger partial charge in [-0.3, -0.25) is 4.79 Å². The van der Waals surface area contributed by atoms with Crippen molar-refractivity contribution in [3.63, 3.8) is 0 Å². The van der Waals surface area contributed by atoms with Gasteiger partial charge in [-0.2, -0.15) is 4.31 Å². The highest BCUT2D eigenvalue weighted by atomic mass is 32.2. The molecule has 1 aliphatic heterocycles. The van der Waals surface area contributed by atoms with Gasteiger partial charge in [0.25, 0.3) is 5.91 Å². The Morgan fingerprint density at radius 2 is 1.85 bits per heavy atom. The molecular formula is C34H47N5O8S. The van der Waals surface area contributed by atoms with Gasteiger partial charge in [-0.25, -0.2) is 13.2 Å². The van der Waals surface area contributed by atoms with Gasteiger partial charge in [0.05, 0.1) is 35.3 Å². The number of rotatable bonds is 8. The predicted molar refractivity (Wildman–Crippen MR) is 182 cm³/mol. The number of likely N-dealkylation sites (N-methyl/N-ethyl adjacent to an activating group) is 1. The number of nitrogens with zero attached hydrogens (tertiary/aromatic N) is 3. The average molecular weight is 686 g/mol. The minimum atomic E-state index is -3.78. The van der Waals surface area contributed by atoms with Crippen LogP contribution in [0.25, 0.3) is 0 Å². The average Bonchev–Trinajstić information content (AvgIpc) is 3.38. The monoisotopic (exact) mass is 685 g/mol. The van der Waals surface area contributed by atoms with Crippen molar-refractivity contribution in [2.24, 2.45) is 5.92 Å². The quantitative estimate of drug-likeness (QED) is 0.294. The van der Waals surface area contributed by atoms with E-state index in [0.29, 0.717) is 41.6 Å². The minimum absolute atomic E-state index is 0.0678. The molecule has 3 amide bonds. The SMILES string of the molecule is Cc1noc(C)c1NC(=O)Nc1ccc2c(c1)C(=O)N([C@H](C)CO)C[C@H](C)[C@H](CN(C)S(=O)(=O)c1ccccc1)OCCCC[C@@H](C)O2. The van der Waals surface area contributed by atoms with Crippen LogP contribution < -0.4 is 15.4 Å². The van der Waals surface area contributed by atoms with Crippen LogP contribution in [0.3, 0.4) is 0 Å². The number of aryl methyl sites for hydroxylation is 2. The second-order valence-electron chi connectivity index (χ2n) is 12.4. The summed E-state index contributed by atoms with van der Waals surface area (Å²) in [4.78, 5) is 29.0. The van der Waals surface area contributed by atoms with Gasteiger partial charge >= 0.3 is 6.03 Å². The van der Waals surface area contributed by atoms with Crippen LogP contribution in [-0.4, -0.2) is 91.4 Å². The fourth-order valence-corrected chi connectivity index (χ4v) is 6.73. The maximum absolute atomic E-state index is 14.4. The number of urea groups is 1. The number of hydrogen-bond donors (Lipinski definition) is 3. The van der Waals surface area contributed by atoms with E-state index in [4.69, 9.17) is 14.0 Å². The largest absolute Gasteiger partial charge is 0.490 e. The molecule has 2 aromatic carbocycles. The van der Waals surface area contributed by atoms with E-state index in [0.717, 1.165) is 12.8 Å². The molecule has 48 heavy (non-hydrogen) atoms. The lowest BCUT2D eigenvalue weighted by Crippen LogP contribution is -2.48. The number of amides is 3. The molecule has 14 heteroatoms. The molecule has 1 aliphatic rings. The topological polar surface area (TPSA) is 164 Å². The predicted octanol–water partition coefficient (Wildman–Crippen LogP) is 5.05. The smallest absolute Gasteiger partial charge is 0.323 e. The molecule has 13 nitrogen and oxygen atoms in total. The first-order valence-corrected chi connectivity index (χ1v) is 17.6. The molecule has 4 atom stereocenters. The standard InChI is InChI=1S/C34H47N5O8S/c1-22-19-39(23(2)21-40)33(41)29-18-27(35-34(42)36-32-25(4)37-47-26(32)5)15-16-30(29)46-24(3)12-10-11-17-45-31(22)20-38(6)48(43,44)28-13-8-7-9-14-28/h7-9,13-16,18,22-24,31,40H,10-12,17,19-21H2,1-6H3,(H2,35,36,42)/t22-,23+,24+,31-/m0/s1. The molecule has 0 saturated heterocycles.